The minimum Gasteiger partial charge on any atom is -0.326 e. The summed E-state index contributed by atoms with van der Waals surface area (Å²) in [6, 6.07) is 19.3. The number of imide groups is 1. The first-order valence-corrected chi connectivity index (χ1v) is 13.0. The lowest BCUT2D eigenvalue weighted by molar-refractivity contribution is -0.122. The third-order valence-electron chi connectivity index (χ3n) is 6.32. The SMILES string of the molecule is Cc1ccc(N2C(=O)CC(N(CCc3ccc(S(N)(=O)=O)cc3)C(=O)c3ccccc3C)C2=O)cc1. The molecule has 0 aromatic heterocycles. The Bertz CT molecular complexity index is 1420. The van der Waals surface area contributed by atoms with E-state index in [0.717, 1.165) is 21.6 Å². The average molecular weight is 506 g/mol. The lowest BCUT2D eigenvalue weighted by Gasteiger charge is -2.28. The highest BCUT2D eigenvalue weighted by molar-refractivity contribution is 7.89. The van der Waals surface area contributed by atoms with Crippen molar-refractivity contribution in [3.8, 4) is 0 Å². The van der Waals surface area contributed by atoms with Crippen LogP contribution in [0.4, 0.5) is 5.69 Å². The Hall–Kier alpha value is -3.82. The van der Waals surface area contributed by atoms with Crippen LogP contribution >= 0.6 is 0 Å². The number of carbonyl (C=O) groups excluding carboxylic acids is 3. The van der Waals surface area contributed by atoms with Crippen LogP contribution in [0.2, 0.25) is 0 Å². The van der Waals surface area contributed by atoms with Crippen molar-refractivity contribution < 1.29 is 22.8 Å². The van der Waals surface area contributed by atoms with Crippen LogP contribution in [0, 0.1) is 13.8 Å². The van der Waals surface area contributed by atoms with Crippen molar-refractivity contribution in [3.63, 3.8) is 0 Å². The summed E-state index contributed by atoms with van der Waals surface area (Å²) in [6.45, 7) is 3.89. The van der Waals surface area contributed by atoms with Crippen molar-refractivity contribution in [2.24, 2.45) is 5.14 Å². The van der Waals surface area contributed by atoms with Crippen LogP contribution < -0.4 is 10.0 Å². The van der Waals surface area contributed by atoms with Gasteiger partial charge in [-0.15, -0.1) is 0 Å². The van der Waals surface area contributed by atoms with Crippen LogP contribution in [0.5, 0.6) is 0 Å². The topological polar surface area (TPSA) is 118 Å². The van der Waals surface area contributed by atoms with Crippen molar-refractivity contribution in [1.82, 2.24) is 4.90 Å². The van der Waals surface area contributed by atoms with Crippen LogP contribution in [0.3, 0.4) is 0 Å². The molecule has 9 heteroatoms. The maximum atomic E-state index is 13.6. The zero-order valence-electron chi connectivity index (χ0n) is 20.0. The van der Waals surface area contributed by atoms with Gasteiger partial charge in [0.05, 0.1) is 17.0 Å². The van der Waals surface area contributed by atoms with Crippen LogP contribution in [0.25, 0.3) is 0 Å². The molecule has 1 saturated heterocycles. The molecule has 3 aromatic carbocycles. The van der Waals surface area contributed by atoms with Gasteiger partial charge in [-0.25, -0.2) is 18.5 Å². The number of hydrogen-bond acceptors (Lipinski definition) is 5. The lowest BCUT2D eigenvalue weighted by atomic mass is 10.0. The molecule has 0 saturated carbocycles. The first kappa shape index (κ1) is 25.3. The Labute approximate surface area is 210 Å². The van der Waals surface area contributed by atoms with E-state index in [2.05, 4.69) is 0 Å². The van der Waals surface area contributed by atoms with Crippen molar-refractivity contribution in [1.29, 1.82) is 0 Å². The van der Waals surface area contributed by atoms with Crippen molar-refractivity contribution in [2.75, 3.05) is 11.4 Å². The Morgan fingerprint density at radius 1 is 0.972 bits per heavy atom. The van der Waals surface area contributed by atoms with Gasteiger partial charge >= 0.3 is 0 Å². The van der Waals surface area contributed by atoms with E-state index in [1.807, 2.05) is 38.1 Å². The fraction of sp³-hybridized carbons (Fsp3) is 0.222. The zero-order chi connectivity index (χ0) is 26.0. The predicted octanol–water partition coefficient (Wildman–Crippen LogP) is 2.97. The number of benzene rings is 3. The van der Waals surface area contributed by atoms with E-state index in [-0.39, 0.29) is 29.7 Å². The van der Waals surface area contributed by atoms with E-state index in [1.54, 1.807) is 36.4 Å². The molecule has 0 spiro atoms. The molecular weight excluding hydrogens is 478 g/mol. The summed E-state index contributed by atoms with van der Waals surface area (Å²) >= 11 is 0. The first-order valence-electron chi connectivity index (χ1n) is 11.5. The smallest absolute Gasteiger partial charge is 0.257 e. The molecule has 0 aliphatic carbocycles. The van der Waals surface area contributed by atoms with E-state index >= 15 is 0 Å². The quantitative estimate of drug-likeness (QED) is 0.496. The maximum absolute atomic E-state index is 13.6. The molecule has 1 heterocycles. The van der Waals surface area contributed by atoms with E-state index in [1.165, 1.54) is 17.0 Å². The van der Waals surface area contributed by atoms with Gasteiger partial charge in [-0.2, -0.15) is 0 Å². The van der Waals surface area contributed by atoms with E-state index in [9.17, 15) is 22.8 Å². The summed E-state index contributed by atoms with van der Waals surface area (Å²) in [5.41, 5.74) is 3.45. The van der Waals surface area contributed by atoms with Gasteiger partial charge in [-0.3, -0.25) is 14.4 Å². The van der Waals surface area contributed by atoms with Crippen molar-refractivity contribution in [2.45, 2.75) is 37.6 Å². The number of nitrogens with two attached hydrogens (primary N) is 1. The average Bonchev–Trinajstić information content (AvgIpc) is 3.13. The van der Waals surface area contributed by atoms with Crippen LogP contribution in [0.1, 0.15) is 33.5 Å². The van der Waals surface area contributed by atoms with Gasteiger partial charge in [-0.05, 0) is 61.7 Å². The zero-order valence-corrected chi connectivity index (χ0v) is 20.9. The Morgan fingerprint density at radius 3 is 2.22 bits per heavy atom. The first-order chi connectivity index (χ1) is 17.1. The number of nitrogens with zero attached hydrogens (tertiary/aromatic N) is 2. The highest BCUT2D eigenvalue weighted by atomic mass is 32.2. The van der Waals surface area contributed by atoms with Gasteiger partial charge in [0.1, 0.15) is 6.04 Å². The monoisotopic (exact) mass is 505 g/mol. The summed E-state index contributed by atoms with van der Waals surface area (Å²) in [6.07, 6.45) is 0.236. The second-order valence-electron chi connectivity index (χ2n) is 8.88. The standard InChI is InChI=1S/C27H27N3O5S/c1-18-7-11-21(12-8-18)30-25(31)17-24(27(30)33)29(26(32)23-6-4-3-5-19(23)2)16-15-20-9-13-22(14-10-20)36(28,34)35/h3-14,24H,15-17H2,1-2H3,(H2,28,34,35). The molecule has 3 aromatic rings. The second kappa shape index (κ2) is 10.0. The fourth-order valence-electron chi connectivity index (χ4n) is 4.29. The highest BCUT2D eigenvalue weighted by Crippen LogP contribution is 2.28. The van der Waals surface area contributed by atoms with Gasteiger partial charge in [0, 0.05) is 12.1 Å². The molecule has 0 radical (unpaired) electrons. The van der Waals surface area contributed by atoms with Gasteiger partial charge < -0.3 is 4.90 Å². The Morgan fingerprint density at radius 2 is 1.61 bits per heavy atom. The predicted molar refractivity (Wildman–Crippen MR) is 136 cm³/mol. The third kappa shape index (κ3) is 5.22. The lowest BCUT2D eigenvalue weighted by Crippen LogP contribution is -2.46. The van der Waals surface area contributed by atoms with Crippen molar-refractivity contribution in [3.05, 3.63) is 95.1 Å². The molecular formula is C27H27N3O5S. The molecule has 3 amide bonds. The largest absolute Gasteiger partial charge is 0.326 e. The van der Waals surface area contributed by atoms with Crippen LogP contribution in [-0.4, -0.2) is 43.6 Å². The summed E-state index contributed by atoms with van der Waals surface area (Å²) in [7, 11) is -3.82. The third-order valence-corrected chi connectivity index (χ3v) is 7.25. The Kier molecular flexibility index (Phi) is 7.05. The molecule has 36 heavy (non-hydrogen) atoms. The molecule has 186 valence electrons. The van der Waals surface area contributed by atoms with Crippen molar-refractivity contribution >= 4 is 33.4 Å². The number of aryl methyl sites for hydroxylation is 2. The number of amides is 3. The van der Waals surface area contributed by atoms with E-state index in [0.29, 0.717) is 17.7 Å². The van der Waals surface area contributed by atoms with Gasteiger partial charge in [0.2, 0.25) is 15.9 Å². The number of primary sulfonamides is 1. The second-order valence-corrected chi connectivity index (χ2v) is 10.4. The number of hydrogen-bond donors (Lipinski definition) is 1. The summed E-state index contributed by atoms with van der Waals surface area (Å²) in [5, 5.41) is 5.17. The van der Waals surface area contributed by atoms with Crippen LogP contribution in [-0.2, 0) is 26.0 Å². The molecule has 1 aliphatic rings. The molecule has 2 N–H and O–H groups in total. The molecule has 0 bridgehead atoms. The van der Waals surface area contributed by atoms with Gasteiger partial charge in [-0.1, -0.05) is 48.0 Å². The van der Waals surface area contributed by atoms with Gasteiger partial charge in [0.25, 0.3) is 11.8 Å². The molecule has 8 nitrogen and oxygen atoms in total. The van der Waals surface area contributed by atoms with E-state index in [4.69, 9.17) is 5.14 Å². The molecule has 1 aliphatic heterocycles. The fourth-order valence-corrected chi connectivity index (χ4v) is 4.80. The Balaban J connectivity index is 1.63. The normalized spacial score (nSPS) is 15.9. The number of carbonyl (C=O) groups is 3. The highest BCUT2D eigenvalue weighted by Gasteiger charge is 2.44. The molecule has 1 unspecified atom stereocenters. The number of rotatable bonds is 7. The summed E-state index contributed by atoms with van der Waals surface area (Å²) in [5.74, 6) is -1.16. The summed E-state index contributed by atoms with van der Waals surface area (Å²) < 4.78 is 23.1. The minimum atomic E-state index is -3.82. The van der Waals surface area contributed by atoms with Crippen LogP contribution in [0.15, 0.2) is 77.7 Å². The molecule has 1 atom stereocenters. The van der Waals surface area contributed by atoms with E-state index < -0.39 is 22.0 Å². The number of sulfonamides is 1. The number of anilines is 1. The summed E-state index contributed by atoms with van der Waals surface area (Å²) in [4.78, 5) is 42.6. The maximum Gasteiger partial charge on any atom is 0.257 e. The molecule has 4 rings (SSSR count). The minimum absolute atomic E-state index is 0.00981. The molecule has 1 fully saturated rings. The van der Waals surface area contributed by atoms with Gasteiger partial charge in [0.15, 0.2) is 0 Å².